The number of carbonyl (C=O) groups excluding carboxylic acids is 4. The van der Waals surface area contributed by atoms with Crippen molar-refractivity contribution in [3.8, 4) is 5.88 Å². The Hall–Kier alpha value is -3.96. The van der Waals surface area contributed by atoms with Crippen molar-refractivity contribution >= 4 is 29.2 Å². The SMILES string of the molecule is CCCCN1C(=O)C(=C2C(=O)C(c3c(O)n(CCCC)c(=O)n(CCCC)c3=O)=C2O)C(=O)N(CCCC)C1=O. The summed E-state index contributed by atoms with van der Waals surface area (Å²) >= 11 is 0. The van der Waals surface area contributed by atoms with E-state index in [0.717, 1.165) is 18.9 Å². The summed E-state index contributed by atoms with van der Waals surface area (Å²) in [4.78, 5) is 81.2. The molecule has 2 heterocycles. The number of aliphatic hydroxyl groups excluding tert-OH is 1. The summed E-state index contributed by atoms with van der Waals surface area (Å²) in [6.07, 6.45) is 4.62. The molecule has 1 aromatic rings. The van der Waals surface area contributed by atoms with Crippen LogP contribution in [0.2, 0.25) is 0 Å². The summed E-state index contributed by atoms with van der Waals surface area (Å²) in [7, 11) is 0. The molecule has 4 amide bonds. The number of amides is 4. The number of rotatable bonds is 13. The Morgan fingerprint density at radius 2 is 1.02 bits per heavy atom. The summed E-state index contributed by atoms with van der Waals surface area (Å²) in [6, 6.07) is -0.781. The molecule has 1 aliphatic carbocycles. The molecule has 1 saturated heterocycles. The number of aromatic nitrogens is 2. The molecule has 12 nitrogen and oxygen atoms in total. The Morgan fingerprint density at radius 1 is 0.575 bits per heavy atom. The highest BCUT2D eigenvalue weighted by Crippen LogP contribution is 2.41. The van der Waals surface area contributed by atoms with E-state index in [-0.39, 0.29) is 26.2 Å². The van der Waals surface area contributed by atoms with Crippen molar-refractivity contribution in [1.82, 2.24) is 18.9 Å². The number of hydrogen-bond acceptors (Lipinski definition) is 8. The predicted molar refractivity (Wildman–Crippen MR) is 147 cm³/mol. The third kappa shape index (κ3) is 5.26. The van der Waals surface area contributed by atoms with E-state index in [1.807, 2.05) is 27.7 Å². The molecule has 0 spiro atoms. The van der Waals surface area contributed by atoms with Gasteiger partial charge < -0.3 is 10.2 Å². The first kappa shape index (κ1) is 30.6. The molecule has 12 heteroatoms. The third-order valence-electron chi connectivity index (χ3n) is 7.15. The van der Waals surface area contributed by atoms with Crippen LogP contribution in [0, 0.1) is 0 Å². The summed E-state index contributed by atoms with van der Waals surface area (Å²) in [5.41, 5.74) is -4.07. The van der Waals surface area contributed by atoms with Crippen LogP contribution in [0.1, 0.15) is 84.6 Å². The normalized spacial score (nSPS) is 16.0. The van der Waals surface area contributed by atoms with Crippen LogP contribution in [-0.4, -0.2) is 65.9 Å². The molecule has 1 aromatic heterocycles. The number of hydrogen-bond donors (Lipinski definition) is 2. The number of aliphatic hydroxyl groups is 1. The molecule has 2 N–H and O–H groups in total. The van der Waals surface area contributed by atoms with Crippen molar-refractivity contribution in [1.29, 1.82) is 0 Å². The fourth-order valence-electron chi connectivity index (χ4n) is 4.73. The highest BCUT2D eigenvalue weighted by atomic mass is 16.3. The van der Waals surface area contributed by atoms with E-state index in [4.69, 9.17) is 0 Å². The van der Waals surface area contributed by atoms with Crippen LogP contribution < -0.4 is 11.2 Å². The lowest BCUT2D eigenvalue weighted by atomic mass is 9.80. The van der Waals surface area contributed by atoms with Gasteiger partial charge in [0.25, 0.3) is 17.4 Å². The van der Waals surface area contributed by atoms with E-state index in [1.165, 1.54) is 0 Å². The Labute approximate surface area is 232 Å². The number of unbranched alkanes of at least 4 members (excludes halogenated alkanes) is 4. The zero-order valence-electron chi connectivity index (χ0n) is 23.6. The number of carbonyl (C=O) groups is 4. The zero-order valence-corrected chi connectivity index (χ0v) is 23.6. The van der Waals surface area contributed by atoms with E-state index in [0.29, 0.717) is 51.4 Å². The number of allylic oxidation sites excluding steroid dienone is 2. The van der Waals surface area contributed by atoms with Crippen LogP contribution in [0.3, 0.4) is 0 Å². The van der Waals surface area contributed by atoms with Crippen molar-refractivity contribution < 1.29 is 29.4 Å². The third-order valence-corrected chi connectivity index (χ3v) is 7.15. The van der Waals surface area contributed by atoms with Crippen LogP contribution >= 0.6 is 0 Å². The van der Waals surface area contributed by atoms with E-state index >= 15 is 0 Å². The largest absolute Gasteiger partial charge is 0.506 e. The van der Waals surface area contributed by atoms with Crippen molar-refractivity contribution in [3.63, 3.8) is 0 Å². The number of Topliss-reactive ketones (excluding diaryl/α,β-unsaturated/α-hetero) is 1. The van der Waals surface area contributed by atoms with Crippen LogP contribution in [0.15, 0.2) is 26.5 Å². The summed E-state index contributed by atoms with van der Waals surface area (Å²) < 4.78 is 1.91. The molecule has 0 radical (unpaired) electrons. The molecule has 0 bridgehead atoms. The van der Waals surface area contributed by atoms with Crippen LogP contribution in [0.5, 0.6) is 5.88 Å². The van der Waals surface area contributed by atoms with Gasteiger partial charge in [0.15, 0.2) is 0 Å². The minimum atomic E-state index is -0.998. The smallest absolute Gasteiger partial charge is 0.333 e. The van der Waals surface area contributed by atoms with Gasteiger partial charge in [0.1, 0.15) is 16.9 Å². The lowest BCUT2D eigenvalue weighted by Gasteiger charge is -2.36. The highest BCUT2D eigenvalue weighted by molar-refractivity contribution is 6.44. The van der Waals surface area contributed by atoms with Gasteiger partial charge in [-0.25, -0.2) is 9.59 Å². The zero-order chi connectivity index (χ0) is 29.7. The maximum Gasteiger partial charge on any atom is 0.333 e. The first-order valence-corrected chi connectivity index (χ1v) is 14.1. The molecule has 3 rings (SSSR count). The topological polar surface area (TPSA) is 159 Å². The highest BCUT2D eigenvalue weighted by Gasteiger charge is 2.49. The second kappa shape index (κ2) is 12.9. The second-order valence-corrected chi connectivity index (χ2v) is 10.0. The number of barbiturate groups is 1. The average Bonchev–Trinajstić information content (AvgIpc) is 2.93. The van der Waals surface area contributed by atoms with Crippen LogP contribution in [0.25, 0.3) is 5.57 Å². The monoisotopic (exact) mass is 558 g/mol. The van der Waals surface area contributed by atoms with E-state index in [2.05, 4.69) is 0 Å². The van der Waals surface area contributed by atoms with Crippen LogP contribution in [0.4, 0.5) is 4.79 Å². The van der Waals surface area contributed by atoms with Gasteiger partial charge in [-0.15, -0.1) is 0 Å². The van der Waals surface area contributed by atoms with Crippen molar-refractivity contribution in [2.24, 2.45) is 0 Å². The minimum Gasteiger partial charge on any atom is -0.506 e. The van der Waals surface area contributed by atoms with Gasteiger partial charge in [0.2, 0.25) is 11.7 Å². The fourth-order valence-corrected chi connectivity index (χ4v) is 4.73. The van der Waals surface area contributed by atoms with Gasteiger partial charge in [0.05, 0.1) is 11.1 Å². The second-order valence-electron chi connectivity index (χ2n) is 10.0. The first-order chi connectivity index (χ1) is 19.1. The van der Waals surface area contributed by atoms with Gasteiger partial charge in [0, 0.05) is 26.2 Å². The van der Waals surface area contributed by atoms with Gasteiger partial charge in [-0.3, -0.25) is 38.1 Å². The van der Waals surface area contributed by atoms with Crippen molar-refractivity contribution in [3.05, 3.63) is 43.3 Å². The van der Waals surface area contributed by atoms with Gasteiger partial charge in [-0.1, -0.05) is 53.4 Å². The first-order valence-electron chi connectivity index (χ1n) is 14.1. The molecule has 40 heavy (non-hydrogen) atoms. The molecule has 218 valence electrons. The maximum absolute atomic E-state index is 13.5. The molecule has 0 unspecified atom stereocenters. The maximum atomic E-state index is 13.5. The Bertz CT molecular complexity index is 1370. The standard InChI is InChI=1S/C28H38N4O8/c1-5-9-13-29-23(35)19(24(36)30(27(29)39)14-10-6-2)17-21(33)18(22(17)34)20-25(37)31(15-11-7-3)28(40)32(26(20)38)16-12-8-4/h33,35H,5-16H2,1-4H3. The van der Waals surface area contributed by atoms with E-state index < -0.39 is 68.8 Å². The Balaban J connectivity index is 2.24. The van der Waals surface area contributed by atoms with E-state index in [9.17, 15) is 39.0 Å². The number of urea groups is 1. The molecule has 1 aliphatic heterocycles. The Kier molecular flexibility index (Phi) is 9.88. The summed E-state index contributed by atoms with van der Waals surface area (Å²) in [5.74, 6) is -4.56. The lowest BCUT2D eigenvalue weighted by molar-refractivity contribution is -0.136. The van der Waals surface area contributed by atoms with Gasteiger partial charge in [-0.2, -0.15) is 0 Å². The minimum absolute atomic E-state index is 0.0255. The van der Waals surface area contributed by atoms with Crippen LogP contribution in [-0.2, 0) is 27.5 Å². The van der Waals surface area contributed by atoms with Crippen molar-refractivity contribution in [2.75, 3.05) is 13.1 Å². The molecule has 0 atom stereocenters. The molecule has 2 aliphatic rings. The van der Waals surface area contributed by atoms with Gasteiger partial charge in [-0.05, 0) is 25.7 Å². The molecular weight excluding hydrogens is 520 g/mol. The molecule has 0 aromatic carbocycles. The molecule has 1 fully saturated rings. The fraction of sp³-hybridized carbons (Fsp3) is 0.571. The lowest BCUT2D eigenvalue weighted by Crippen LogP contribution is -2.57. The number of aromatic hydroxyl groups is 1. The molecule has 0 saturated carbocycles. The van der Waals surface area contributed by atoms with E-state index in [1.54, 1.807) is 0 Å². The van der Waals surface area contributed by atoms with Crippen molar-refractivity contribution in [2.45, 2.75) is 92.2 Å². The number of nitrogens with zero attached hydrogens (tertiary/aromatic N) is 4. The summed E-state index contributed by atoms with van der Waals surface area (Å²) in [5, 5.41) is 22.0. The Morgan fingerprint density at radius 3 is 1.48 bits per heavy atom. The number of ketones is 1. The number of imide groups is 2. The predicted octanol–water partition coefficient (Wildman–Crippen LogP) is 2.86. The summed E-state index contributed by atoms with van der Waals surface area (Å²) in [6.45, 7) is 7.67. The molecular formula is C28H38N4O8. The van der Waals surface area contributed by atoms with Gasteiger partial charge >= 0.3 is 11.7 Å². The average molecular weight is 559 g/mol. The quantitative estimate of drug-likeness (QED) is 0.276.